The molecule has 0 aromatic carbocycles. The van der Waals surface area contributed by atoms with E-state index in [9.17, 15) is 0 Å². The van der Waals surface area contributed by atoms with Crippen molar-refractivity contribution in [3.05, 3.63) is 0 Å². The summed E-state index contributed by atoms with van der Waals surface area (Å²) in [6, 6.07) is 0.926. The van der Waals surface area contributed by atoms with Gasteiger partial charge in [-0.15, -0.1) is 0 Å². The summed E-state index contributed by atoms with van der Waals surface area (Å²) in [5, 5.41) is 3.52. The van der Waals surface area contributed by atoms with Crippen molar-refractivity contribution in [2.24, 2.45) is 5.92 Å². The summed E-state index contributed by atoms with van der Waals surface area (Å²) in [5.74, 6) is 1.08. The fourth-order valence-electron chi connectivity index (χ4n) is 1.61. The van der Waals surface area contributed by atoms with Gasteiger partial charge in [0.1, 0.15) is 0 Å². The van der Waals surface area contributed by atoms with E-state index in [1.807, 2.05) is 0 Å². The van der Waals surface area contributed by atoms with E-state index in [-0.39, 0.29) is 0 Å². The summed E-state index contributed by atoms with van der Waals surface area (Å²) >= 11 is 0. The van der Waals surface area contributed by atoms with Gasteiger partial charge in [0, 0.05) is 6.04 Å². The van der Waals surface area contributed by atoms with Gasteiger partial charge in [-0.2, -0.15) is 0 Å². The van der Waals surface area contributed by atoms with Crippen LogP contribution >= 0.6 is 0 Å². The Balaban J connectivity index is 1.86. The lowest BCUT2D eigenvalue weighted by molar-refractivity contribution is 0.539. The van der Waals surface area contributed by atoms with Crippen LogP contribution in [0.15, 0.2) is 0 Å². The van der Waals surface area contributed by atoms with Crippen LogP contribution in [0.2, 0.25) is 0 Å². The van der Waals surface area contributed by atoms with Crippen LogP contribution in [0.4, 0.5) is 0 Å². The second-order valence-corrected chi connectivity index (χ2v) is 3.04. The maximum Gasteiger partial charge on any atom is 0.00958 e. The molecule has 0 radical (unpaired) electrons. The fraction of sp³-hybridized carbons (Fsp3) is 1.00. The third-order valence-electron chi connectivity index (χ3n) is 2.29. The van der Waals surface area contributed by atoms with E-state index in [0.29, 0.717) is 0 Å². The molecule has 0 spiro atoms. The van der Waals surface area contributed by atoms with Gasteiger partial charge in [0.15, 0.2) is 0 Å². The molecule has 2 aliphatic rings. The standard InChI is InChI=1S/C7H13N/c1-2-7(8-5-1)6-3-4-6/h6-8H,1-5H2/t7-/m1/s1. The van der Waals surface area contributed by atoms with Crippen LogP contribution in [-0.2, 0) is 0 Å². The highest BCUT2D eigenvalue weighted by Crippen LogP contribution is 2.35. The van der Waals surface area contributed by atoms with Crippen molar-refractivity contribution in [2.75, 3.05) is 6.54 Å². The topological polar surface area (TPSA) is 12.0 Å². The maximum atomic E-state index is 3.52. The molecule has 0 bridgehead atoms. The highest BCUT2D eigenvalue weighted by atomic mass is 14.9. The Kier molecular flexibility index (Phi) is 1.04. The van der Waals surface area contributed by atoms with Gasteiger partial charge in [-0.1, -0.05) is 0 Å². The summed E-state index contributed by atoms with van der Waals surface area (Å²) in [7, 11) is 0. The summed E-state index contributed by atoms with van der Waals surface area (Å²) in [6.07, 6.45) is 5.86. The quantitative estimate of drug-likeness (QED) is 0.535. The van der Waals surface area contributed by atoms with Crippen LogP contribution in [0, 0.1) is 5.92 Å². The van der Waals surface area contributed by atoms with Crippen molar-refractivity contribution < 1.29 is 0 Å². The summed E-state index contributed by atoms with van der Waals surface area (Å²) in [5.41, 5.74) is 0. The predicted octanol–water partition coefficient (Wildman–Crippen LogP) is 1.15. The Morgan fingerprint density at radius 1 is 1.12 bits per heavy atom. The SMILES string of the molecule is C1CN[C@@H](C2CC2)C1. The largest absolute Gasteiger partial charge is 0.314 e. The molecule has 1 N–H and O–H groups in total. The van der Waals surface area contributed by atoms with Crippen LogP contribution in [-0.4, -0.2) is 12.6 Å². The molecule has 1 saturated carbocycles. The normalized spacial score (nSPS) is 38.2. The summed E-state index contributed by atoms with van der Waals surface area (Å²) in [6.45, 7) is 1.28. The molecule has 1 heteroatoms. The fourth-order valence-corrected chi connectivity index (χ4v) is 1.61. The molecule has 1 nitrogen and oxygen atoms in total. The minimum atomic E-state index is 0.926. The van der Waals surface area contributed by atoms with Gasteiger partial charge in [-0.3, -0.25) is 0 Å². The van der Waals surface area contributed by atoms with Gasteiger partial charge in [0.2, 0.25) is 0 Å². The van der Waals surface area contributed by atoms with E-state index in [1.165, 1.54) is 32.2 Å². The summed E-state index contributed by atoms with van der Waals surface area (Å²) < 4.78 is 0. The molecular weight excluding hydrogens is 98.1 g/mol. The van der Waals surface area contributed by atoms with Crippen molar-refractivity contribution in [3.63, 3.8) is 0 Å². The first kappa shape index (κ1) is 4.80. The van der Waals surface area contributed by atoms with Gasteiger partial charge in [-0.25, -0.2) is 0 Å². The zero-order valence-corrected chi connectivity index (χ0v) is 5.19. The van der Waals surface area contributed by atoms with Gasteiger partial charge in [0.05, 0.1) is 0 Å². The Bertz CT molecular complexity index is 80.4. The second kappa shape index (κ2) is 1.73. The minimum Gasteiger partial charge on any atom is -0.314 e. The molecule has 0 aromatic rings. The van der Waals surface area contributed by atoms with Crippen LogP contribution in [0.1, 0.15) is 25.7 Å². The summed E-state index contributed by atoms with van der Waals surface area (Å²) in [4.78, 5) is 0. The van der Waals surface area contributed by atoms with E-state index < -0.39 is 0 Å². The molecule has 2 fully saturated rings. The van der Waals surface area contributed by atoms with Crippen molar-refractivity contribution in [2.45, 2.75) is 31.7 Å². The van der Waals surface area contributed by atoms with Crippen LogP contribution < -0.4 is 5.32 Å². The van der Waals surface area contributed by atoms with Crippen molar-refractivity contribution in [1.29, 1.82) is 0 Å². The van der Waals surface area contributed by atoms with Crippen LogP contribution in [0.25, 0.3) is 0 Å². The lowest BCUT2D eigenvalue weighted by atomic mass is 10.1. The zero-order chi connectivity index (χ0) is 5.40. The van der Waals surface area contributed by atoms with E-state index in [2.05, 4.69) is 5.32 Å². The molecule has 0 aromatic heterocycles. The minimum absolute atomic E-state index is 0.926. The monoisotopic (exact) mass is 111 g/mol. The number of rotatable bonds is 1. The smallest absolute Gasteiger partial charge is 0.00958 e. The zero-order valence-electron chi connectivity index (χ0n) is 5.19. The Morgan fingerprint density at radius 2 is 2.00 bits per heavy atom. The number of hydrogen-bond donors (Lipinski definition) is 1. The van der Waals surface area contributed by atoms with Crippen LogP contribution in [0.3, 0.4) is 0 Å². The third kappa shape index (κ3) is 0.752. The van der Waals surface area contributed by atoms with Gasteiger partial charge in [0.25, 0.3) is 0 Å². The molecule has 1 saturated heterocycles. The van der Waals surface area contributed by atoms with E-state index in [0.717, 1.165) is 12.0 Å². The Hall–Kier alpha value is -0.0400. The lowest BCUT2D eigenvalue weighted by Gasteiger charge is -2.04. The van der Waals surface area contributed by atoms with Gasteiger partial charge >= 0.3 is 0 Å². The molecule has 0 unspecified atom stereocenters. The molecule has 8 heavy (non-hydrogen) atoms. The average Bonchev–Trinajstić information content (AvgIpc) is 2.49. The molecular formula is C7H13N. The maximum absolute atomic E-state index is 3.52. The van der Waals surface area contributed by atoms with E-state index >= 15 is 0 Å². The predicted molar refractivity (Wildman–Crippen MR) is 33.7 cm³/mol. The van der Waals surface area contributed by atoms with Gasteiger partial charge < -0.3 is 5.32 Å². The molecule has 1 heterocycles. The second-order valence-electron chi connectivity index (χ2n) is 3.04. The number of hydrogen-bond acceptors (Lipinski definition) is 1. The Morgan fingerprint density at radius 3 is 2.50 bits per heavy atom. The van der Waals surface area contributed by atoms with E-state index in [4.69, 9.17) is 0 Å². The van der Waals surface area contributed by atoms with Crippen molar-refractivity contribution in [1.82, 2.24) is 5.32 Å². The Labute approximate surface area is 50.5 Å². The average molecular weight is 111 g/mol. The molecule has 2 rings (SSSR count). The van der Waals surface area contributed by atoms with Crippen molar-refractivity contribution in [3.8, 4) is 0 Å². The van der Waals surface area contributed by atoms with Crippen LogP contribution in [0.5, 0.6) is 0 Å². The molecule has 0 amide bonds. The lowest BCUT2D eigenvalue weighted by Crippen LogP contribution is -2.22. The first-order valence-electron chi connectivity index (χ1n) is 3.70. The first-order chi connectivity index (χ1) is 3.97. The van der Waals surface area contributed by atoms with E-state index in [1.54, 1.807) is 0 Å². The molecule has 1 atom stereocenters. The van der Waals surface area contributed by atoms with Gasteiger partial charge in [-0.05, 0) is 38.1 Å². The van der Waals surface area contributed by atoms with Crippen molar-refractivity contribution >= 4 is 0 Å². The highest BCUT2D eigenvalue weighted by molar-refractivity contribution is 4.89. The molecule has 46 valence electrons. The number of nitrogens with one attached hydrogen (secondary N) is 1. The highest BCUT2D eigenvalue weighted by Gasteiger charge is 2.32. The first-order valence-corrected chi connectivity index (χ1v) is 3.70. The molecule has 1 aliphatic carbocycles. The third-order valence-corrected chi connectivity index (χ3v) is 2.29. The molecule has 1 aliphatic heterocycles.